The lowest BCUT2D eigenvalue weighted by molar-refractivity contribution is -0.119. The van der Waals surface area contributed by atoms with Gasteiger partial charge in [-0.1, -0.05) is 12.1 Å². The van der Waals surface area contributed by atoms with Gasteiger partial charge in [-0.3, -0.25) is 4.79 Å². The van der Waals surface area contributed by atoms with Crippen molar-refractivity contribution in [3.63, 3.8) is 0 Å². The van der Waals surface area contributed by atoms with Crippen LogP contribution in [0, 0.1) is 17.4 Å². The van der Waals surface area contributed by atoms with E-state index >= 15 is 0 Å². The SMILES string of the molecule is CCOC(=O)c1ccccc1-n1c(C)cc(/C=N\NC(=O)CNc2ccc(I)cc2)c1C. The second kappa shape index (κ2) is 10.9. The highest BCUT2D eigenvalue weighted by molar-refractivity contribution is 14.1. The van der Waals surface area contributed by atoms with Gasteiger partial charge in [-0.05, 0) is 85.8 Å². The van der Waals surface area contributed by atoms with Crippen molar-refractivity contribution in [1.82, 2.24) is 9.99 Å². The van der Waals surface area contributed by atoms with Crippen molar-refractivity contribution in [2.45, 2.75) is 20.8 Å². The molecule has 0 saturated carbocycles. The van der Waals surface area contributed by atoms with Crippen LogP contribution in [-0.2, 0) is 9.53 Å². The number of hydrogen-bond acceptors (Lipinski definition) is 5. The summed E-state index contributed by atoms with van der Waals surface area (Å²) in [5, 5.41) is 7.15. The van der Waals surface area contributed by atoms with Crippen LogP contribution in [0.2, 0.25) is 0 Å². The third kappa shape index (κ3) is 5.76. The molecule has 0 aliphatic carbocycles. The average molecular weight is 544 g/mol. The van der Waals surface area contributed by atoms with Crippen LogP contribution in [0.1, 0.15) is 34.2 Å². The van der Waals surface area contributed by atoms with Crippen molar-refractivity contribution in [2.75, 3.05) is 18.5 Å². The number of rotatable bonds is 8. The zero-order valence-electron chi connectivity index (χ0n) is 18.2. The van der Waals surface area contributed by atoms with E-state index in [1.807, 2.05) is 66.9 Å². The number of esters is 1. The Hall–Kier alpha value is -3.14. The molecule has 1 aromatic heterocycles. The second-order valence-electron chi connectivity index (χ2n) is 7.05. The van der Waals surface area contributed by atoms with Gasteiger partial charge in [0.25, 0.3) is 5.91 Å². The maximum Gasteiger partial charge on any atom is 0.340 e. The Morgan fingerprint density at radius 1 is 1.12 bits per heavy atom. The summed E-state index contributed by atoms with van der Waals surface area (Å²) in [6.07, 6.45) is 1.61. The third-order valence-corrected chi connectivity index (χ3v) is 5.52. The van der Waals surface area contributed by atoms with E-state index in [4.69, 9.17) is 4.74 Å². The molecule has 0 aliphatic heterocycles. The highest BCUT2D eigenvalue weighted by Crippen LogP contribution is 2.23. The van der Waals surface area contributed by atoms with E-state index in [0.717, 1.165) is 31.9 Å². The molecule has 1 amide bonds. The Balaban J connectivity index is 1.70. The summed E-state index contributed by atoms with van der Waals surface area (Å²) in [6.45, 7) is 6.11. The van der Waals surface area contributed by atoms with Gasteiger partial charge in [0.15, 0.2) is 0 Å². The second-order valence-corrected chi connectivity index (χ2v) is 8.30. The van der Waals surface area contributed by atoms with E-state index in [-0.39, 0.29) is 18.4 Å². The molecule has 8 heteroatoms. The highest BCUT2D eigenvalue weighted by atomic mass is 127. The Labute approximate surface area is 201 Å². The number of para-hydroxylation sites is 1. The van der Waals surface area contributed by atoms with Gasteiger partial charge in [0, 0.05) is 26.2 Å². The number of carbonyl (C=O) groups excluding carboxylic acids is 2. The lowest BCUT2D eigenvalue weighted by atomic mass is 10.1. The molecule has 0 unspecified atom stereocenters. The summed E-state index contributed by atoms with van der Waals surface area (Å²) >= 11 is 2.23. The topological polar surface area (TPSA) is 84.7 Å². The number of nitrogens with one attached hydrogen (secondary N) is 2. The molecule has 1 heterocycles. The number of benzene rings is 2. The Morgan fingerprint density at radius 3 is 2.56 bits per heavy atom. The predicted molar refractivity (Wildman–Crippen MR) is 135 cm³/mol. The number of amides is 1. The molecule has 0 atom stereocenters. The number of nitrogens with zero attached hydrogens (tertiary/aromatic N) is 2. The van der Waals surface area contributed by atoms with E-state index in [1.54, 1.807) is 19.2 Å². The normalized spacial score (nSPS) is 10.9. The molecule has 2 aromatic carbocycles. The predicted octanol–water partition coefficient (Wildman–Crippen LogP) is 4.44. The minimum atomic E-state index is -0.362. The molecule has 2 N–H and O–H groups in total. The molecular weight excluding hydrogens is 519 g/mol. The minimum Gasteiger partial charge on any atom is -0.462 e. The van der Waals surface area contributed by atoms with E-state index in [1.165, 1.54) is 0 Å². The van der Waals surface area contributed by atoms with Crippen molar-refractivity contribution >= 4 is 46.4 Å². The quantitative estimate of drug-likeness (QED) is 0.190. The van der Waals surface area contributed by atoms with Crippen molar-refractivity contribution < 1.29 is 14.3 Å². The Morgan fingerprint density at radius 2 is 1.84 bits per heavy atom. The lowest BCUT2D eigenvalue weighted by Gasteiger charge is -2.14. The summed E-state index contributed by atoms with van der Waals surface area (Å²) in [4.78, 5) is 24.5. The van der Waals surface area contributed by atoms with E-state index in [9.17, 15) is 9.59 Å². The first-order chi connectivity index (χ1) is 15.4. The van der Waals surface area contributed by atoms with E-state index in [0.29, 0.717) is 12.2 Å². The molecule has 32 heavy (non-hydrogen) atoms. The summed E-state index contributed by atoms with van der Waals surface area (Å²) in [5.41, 5.74) is 7.32. The first kappa shape index (κ1) is 23.5. The van der Waals surface area contributed by atoms with Gasteiger partial charge >= 0.3 is 5.97 Å². The fourth-order valence-corrected chi connectivity index (χ4v) is 3.66. The molecule has 0 spiro atoms. The van der Waals surface area contributed by atoms with Crippen LogP contribution in [-0.4, -0.2) is 35.8 Å². The molecular formula is C24H25IN4O3. The van der Waals surface area contributed by atoms with Crippen LogP contribution in [0.5, 0.6) is 0 Å². The van der Waals surface area contributed by atoms with Gasteiger partial charge in [-0.25, -0.2) is 10.2 Å². The summed E-state index contributed by atoms with van der Waals surface area (Å²) < 4.78 is 8.31. The monoisotopic (exact) mass is 544 g/mol. The number of carbonyl (C=O) groups is 2. The molecule has 166 valence electrons. The molecule has 3 rings (SSSR count). The third-order valence-electron chi connectivity index (χ3n) is 4.80. The van der Waals surface area contributed by atoms with Crippen LogP contribution in [0.15, 0.2) is 59.7 Å². The minimum absolute atomic E-state index is 0.115. The van der Waals surface area contributed by atoms with Crippen LogP contribution < -0.4 is 10.7 Å². The zero-order chi connectivity index (χ0) is 23.1. The first-order valence-corrected chi connectivity index (χ1v) is 11.3. The standard InChI is InChI=1S/C24H25IN4O3/c1-4-32-24(31)21-7-5-6-8-22(21)29-16(2)13-18(17(29)3)14-27-28-23(30)15-26-20-11-9-19(25)10-12-20/h5-14,26H,4,15H2,1-3H3,(H,28,30)/b27-14-. The number of ether oxygens (including phenoxy) is 1. The van der Waals surface area contributed by atoms with Crippen molar-refractivity contribution in [3.8, 4) is 5.69 Å². The number of anilines is 1. The maximum absolute atomic E-state index is 12.4. The number of halogens is 1. The largest absolute Gasteiger partial charge is 0.462 e. The van der Waals surface area contributed by atoms with Crippen LogP contribution in [0.3, 0.4) is 0 Å². The lowest BCUT2D eigenvalue weighted by Crippen LogP contribution is -2.25. The molecule has 0 saturated heterocycles. The zero-order valence-corrected chi connectivity index (χ0v) is 20.3. The number of hydrazone groups is 1. The van der Waals surface area contributed by atoms with Gasteiger partial charge in [0.1, 0.15) is 0 Å². The molecule has 0 radical (unpaired) electrons. The Bertz CT molecular complexity index is 1140. The maximum atomic E-state index is 12.4. The van der Waals surface area contributed by atoms with Gasteiger partial charge in [0.05, 0.1) is 30.6 Å². The van der Waals surface area contributed by atoms with Crippen LogP contribution in [0.4, 0.5) is 5.69 Å². The number of hydrogen-bond donors (Lipinski definition) is 2. The van der Waals surface area contributed by atoms with E-state index < -0.39 is 0 Å². The first-order valence-electron chi connectivity index (χ1n) is 10.2. The van der Waals surface area contributed by atoms with Gasteiger partial charge < -0.3 is 14.6 Å². The van der Waals surface area contributed by atoms with Crippen molar-refractivity contribution in [1.29, 1.82) is 0 Å². The highest BCUT2D eigenvalue weighted by Gasteiger charge is 2.17. The molecule has 3 aromatic rings. The molecule has 0 bridgehead atoms. The molecule has 0 aliphatic rings. The summed E-state index contributed by atoms with van der Waals surface area (Å²) in [5.74, 6) is -0.611. The summed E-state index contributed by atoms with van der Waals surface area (Å²) in [7, 11) is 0. The fraction of sp³-hybridized carbons (Fsp3) is 0.208. The van der Waals surface area contributed by atoms with Gasteiger partial charge in [-0.2, -0.15) is 5.10 Å². The molecule has 0 fully saturated rings. The van der Waals surface area contributed by atoms with Gasteiger partial charge in [-0.15, -0.1) is 0 Å². The smallest absolute Gasteiger partial charge is 0.340 e. The van der Waals surface area contributed by atoms with Crippen molar-refractivity contribution in [2.24, 2.45) is 5.10 Å². The summed E-state index contributed by atoms with van der Waals surface area (Å²) in [6, 6.07) is 17.0. The Kier molecular flexibility index (Phi) is 8.04. The van der Waals surface area contributed by atoms with E-state index in [2.05, 4.69) is 38.4 Å². The number of aromatic nitrogens is 1. The van der Waals surface area contributed by atoms with Crippen LogP contribution in [0.25, 0.3) is 5.69 Å². The fourth-order valence-electron chi connectivity index (χ4n) is 3.30. The van der Waals surface area contributed by atoms with Gasteiger partial charge in [0.2, 0.25) is 0 Å². The van der Waals surface area contributed by atoms with Crippen LogP contribution >= 0.6 is 22.6 Å². The number of aryl methyl sites for hydroxylation is 1. The molecule has 7 nitrogen and oxygen atoms in total. The van der Waals surface area contributed by atoms with Crippen molar-refractivity contribution in [3.05, 3.63) is 80.7 Å². The average Bonchev–Trinajstić information content (AvgIpc) is 3.06.